The molecule has 2 atom stereocenters. The maximum absolute atomic E-state index is 11.6. The lowest BCUT2D eigenvalue weighted by atomic mass is 10.2. The third-order valence-electron chi connectivity index (χ3n) is 1.51. The van der Waals surface area contributed by atoms with Gasteiger partial charge in [-0.1, -0.05) is 0 Å². The number of ether oxygens (including phenoxy) is 1. The Balaban J connectivity index is 2.14. The Kier molecular flexibility index (Phi) is 3.39. The Bertz CT molecular complexity index is 104. The molecule has 0 amide bonds. The van der Waals surface area contributed by atoms with Crippen molar-refractivity contribution in [3.8, 4) is 0 Å². The molecule has 0 bridgehead atoms. The van der Waals surface area contributed by atoms with Gasteiger partial charge in [-0.25, -0.2) is 4.39 Å². The van der Waals surface area contributed by atoms with Gasteiger partial charge in [-0.15, -0.1) is 11.6 Å². The molecule has 0 spiro atoms. The topological polar surface area (TPSA) is 21.3 Å². The molecule has 60 valence electrons. The molecule has 10 heavy (non-hydrogen) atoms. The van der Waals surface area contributed by atoms with Crippen molar-refractivity contribution in [2.24, 2.45) is 0 Å². The van der Waals surface area contributed by atoms with Crippen molar-refractivity contribution in [1.29, 1.82) is 0 Å². The maximum atomic E-state index is 11.6. The highest BCUT2D eigenvalue weighted by Crippen LogP contribution is 2.11. The molecular formula is C6H11ClFNO. The van der Waals surface area contributed by atoms with E-state index in [2.05, 4.69) is 5.32 Å². The van der Waals surface area contributed by atoms with Crippen molar-refractivity contribution in [2.75, 3.05) is 26.4 Å². The van der Waals surface area contributed by atoms with E-state index in [0.29, 0.717) is 19.8 Å². The van der Waals surface area contributed by atoms with Gasteiger partial charge in [0.2, 0.25) is 0 Å². The predicted molar refractivity (Wildman–Crippen MR) is 38.2 cm³/mol. The second-order valence-corrected chi connectivity index (χ2v) is 2.86. The van der Waals surface area contributed by atoms with Gasteiger partial charge in [-0.2, -0.15) is 0 Å². The summed E-state index contributed by atoms with van der Waals surface area (Å²) in [5.74, 6) is 0. The van der Waals surface area contributed by atoms with Crippen LogP contribution in [0.15, 0.2) is 0 Å². The second kappa shape index (κ2) is 4.11. The van der Waals surface area contributed by atoms with Crippen LogP contribution in [0.25, 0.3) is 0 Å². The van der Waals surface area contributed by atoms with Crippen LogP contribution in [0.5, 0.6) is 0 Å². The van der Waals surface area contributed by atoms with E-state index in [-0.39, 0.29) is 18.1 Å². The molecule has 1 fully saturated rings. The van der Waals surface area contributed by atoms with Crippen LogP contribution in [0.1, 0.15) is 0 Å². The molecule has 1 aliphatic heterocycles. The quantitative estimate of drug-likeness (QED) is 0.620. The number of hydrogen-bond donors (Lipinski definition) is 1. The standard InChI is InChI=1S/C6H11ClFNO/c7-5-3-10-4-6(5)9-2-1-8/h5-6,9H,1-4H2. The monoisotopic (exact) mass is 167 g/mol. The highest BCUT2D eigenvalue weighted by atomic mass is 35.5. The van der Waals surface area contributed by atoms with Crippen molar-refractivity contribution in [3.63, 3.8) is 0 Å². The lowest BCUT2D eigenvalue weighted by Crippen LogP contribution is -2.37. The zero-order chi connectivity index (χ0) is 7.40. The van der Waals surface area contributed by atoms with E-state index >= 15 is 0 Å². The molecule has 1 rings (SSSR count). The number of rotatable bonds is 3. The number of hydrogen-bond acceptors (Lipinski definition) is 2. The van der Waals surface area contributed by atoms with E-state index in [9.17, 15) is 4.39 Å². The first-order valence-corrected chi connectivity index (χ1v) is 3.79. The van der Waals surface area contributed by atoms with Gasteiger partial charge in [0, 0.05) is 12.6 Å². The molecule has 2 nitrogen and oxygen atoms in total. The summed E-state index contributed by atoms with van der Waals surface area (Å²) in [6, 6.07) is 0.136. The van der Waals surface area contributed by atoms with E-state index in [1.165, 1.54) is 0 Å². The first kappa shape index (κ1) is 8.24. The van der Waals surface area contributed by atoms with Crippen LogP contribution in [0.4, 0.5) is 4.39 Å². The van der Waals surface area contributed by atoms with Crippen LogP contribution in [-0.2, 0) is 4.74 Å². The summed E-state index contributed by atoms with van der Waals surface area (Å²) < 4.78 is 16.7. The Morgan fingerprint density at radius 1 is 1.60 bits per heavy atom. The van der Waals surface area contributed by atoms with Crippen LogP contribution < -0.4 is 5.32 Å². The molecule has 1 aliphatic rings. The summed E-state index contributed by atoms with van der Waals surface area (Å²) in [6.07, 6.45) is 0. The predicted octanol–water partition coefficient (Wildman–Crippen LogP) is 0.552. The summed E-state index contributed by atoms with van der Waals surface area (Å²) >= 11 is 5.80. The summed E-state index contributed by atoms with van der Waals surface area (Å²) in [5.41, 5.74) is 0. The Labute approximate surface area is 64.7 Å². The zero-order valence-corrected chi connectivity index (χ0v) is 6.40. The number of nitrogens with one attached hydrogen (secondary N) is 1. The summed E-state index contributed by atoms with van der Waals surface area (Å²) in [4.78, 5) is 0. The molecular weight excluding hydrogens is 157 g/mol. The molecule has 0 aromatic heterocycles. The van der Waals surface area contributed by atoms with Crippen LogP contribution in [0, 0.1) is 0 Å². The van der Waals surface area contributed by atoms with E-state index < -0.39 is 0 Å². The van der Waals surface area contributed by atoms with Gasteiger partial charge in [0.1, 0.15) is 6.67 Å². The normalized spacial score (nSPS) is 33.0. The Morgan fingerprint density at radius 2 is 2.40 bits per heavy atom. The van der Waals surface area contributed by atoms with Gasteiger partial charge in [0.15, 0.2) is 0 Å². The van der Waals surface area contributed by atoms with Gasteiger partial charge in [-0.05, 0) is 0 Å². The van der Waals surface area contributed by atoms with Gasteiger partial charge < -0.3 is 10.1 Å². The lowest BCUT2D eigenvalue weighted by molar-refractivity contribution is 0.190. The summed E-state index contributed by atoms with van der Waals surface area (Å²) in [5, 5.41) is 2.96. The molecule has 0 aliphatic carbocycles. The molecule has 0 aromatic carbocycles. The van der Waals surface area contributed by atoms with E-state index in [1.807, 2.05) is 0 Å². The second-order valence-electron chi connectivity index (χ2n) is 2.30. The SMILES string of the molecule is FCCNC1COCC1Cl. The molecule has 1 N–H and O–H groups in total. The highest BCUT2D eigenvalue weighted by Gasteiger charge is 2.24. The third kappa shape index (κ3) is 2.08. The van der Waals surface area contributed by atoms with E-state index in [1.54, 1.807) is 0 Å². The van der Waals surface area contributed by atoms with Crippen LogP contribution in [0.2, 0.25) is 0 Å². The Morgan fingerprint density at radius 3 is 2.90 bits per heavy atom. The smallest absolute Gasteiger partial charge is 0.102 e. The van der Waals surface area contributed by atoms with E-state index in [4.69, 9.17) is 16.3 Å². The van der Waals surface area contributed by atoms with Crippen molar-refractivity contribution >= 4 is 11.6 Å². The van der Waals surface area contributed by atoms with Crippen LogP contribution >= 0.6 is 11.6 Å². The lowest BCUT2D eigenvalue weighted by Gasteiger charge is -2.11. The number of halogens is 2. The van der Waals surface area contributed by atoms with Crippen molar-refractivity contribution in [3.05, 3.63) is 0 Å². The molecule has 4 heteroatoms. The largest absolute Gasteiger partial charge is 0.378 e. The average Bonchev–Trinajstić information content (AvgIpc) is 2.31. The first-order chi connectivity index (χ1) is 4.84. The van der Waals surface area contributed by atoms with Crippen molar-refractivity contribution < 1.29 is 9.13 Å². The van der Waals surface area contributed by atoms with Crippen molar-refractivity contribution in [2.45, 2.75) is 11.4 Å². The molecule has 2 unspecified atom stereocenters. The van der Waals surface area contributed by atoms with Gasteiger partial charge in [0.05, 0.1) is 18.6 Å². The Hall–Kier alpha value is 0.140. The fraction of sp³-hybridized carbons (Fsp3) is 1.00. The molecule has 1 heterocycles. The van der Waals surface area contributed by atoms with Gasteiger partial charge >= 0.3 is 0 Å². The maximum Gasteiger partial charge on any atom is 0.102 e. The van der Waals surface area contributed by atoms with Gasteiger partial charge in [0.25, 0.3) is 0 Å². The van der Waals surface area contributed by atoms with Crippen LogP contribution in [0.3, 0.4) is 0 Å². The minimum Gasteiger partial charge on any atom is -0.378 e. The fourth-order valence-corrected chi connectivity index (χ4v) is 1.21. The zero-order valence-electron chi connectivity index (χ0n) is 5.65. The van der Waals surface area contributed by atoms with Gasteiger partial charge in [-0.3, -0.25) is 0 Å². The molecule has 0 aromatic rings. The molecule has 0 saturated carbocycles. The molecule has 0 radical (unpaired) electrons. The first-order valence-electron chi connectivity index (χ1n) is 3.35. The van der Waals surface area contributed by atoms with Crippen LogP contribution in [-0.4, -0.2) is 37.9 Å². The number of alkyl halides is 2. The fourth-order valence-electron chi connectivity index (χ4n) is 0.955. The average molecular weight is 168 g/mol. The third-order valence-corrected chi connectivity index (χ3v) is 1.94. The summed E-state index contributed by atoms with van der Waals surface area (Å²) in [7, 11) is 0. The van der Waals surface area contributed by atoms with E-state index in [0.717, 1.165) is 0 Å². The highest BCUT2D eigenvalue weighted by molar-refractivity contribution is 6.21. The van der Waals surface area contributed by atoms with Crippen molar-refractivity contribution in [1.82, 2.24) is 5.32 Å². The minimum atomic E-state index is -0.347. The molecule has 1 saturated heterocycles. The summed E-state index contributed by atoms with van der Waals surface area (Å²) in [6.45, 7) is 1.21. The minimum absolute atomic E-state index is 0.00606.